The van der Waals surface area contributed by atoms with Crippen molar-refractivity contribution in [1.82, 2.24) is 19.6 Å². The lowest BCUT2D eigenvalue weighted by Crippen LogP contribution is -2.55. The summed E-state index contributed by atoms with van der Waals surface area (Å²) in [6, 6.07) is 18.9. The third-order valence-electron chi connectivity index (χ3n) is 11.1. The highest BCUT2D eigenvalue weighted by Gasteiger charge is 2.51. The monoisotopic (exact) mass is 798 g/mol. The van der Waals surface area contributed by atoms with Gasteiger partial charge in [-0.15, -0.1) is 0 Å². The van der Waals surface area contributed by atoms with Crippen molar-refractivity contribution >= 4 is 55.5 Å². The molecule has 1 amide bonds. The number of piperazine rings is 1. The second kappa shape index (κ2) is 14.3. The van der Waals surface area contributed by atoms with E-state index in [1.165, 1.54) is 29.0 Å². The number of rotatable bonds is 10. The van der Waals surface area contributed by atoms with Crippen LogP contribution in [0, 0.1) is 21.3 Å². The number of nitrogens with zero attached hydrogens (tertiary/aromatic N) is 4. The first kappa shape index (κ1) is 37.6. The summed E-state index contributed by atoms with van der Waals surface area (Å²) in [4.78, 5) is 35.7. The standard InChI is InChI=1S/C41H40ClFN6O6S/c1-40(2)13-11-28(34(22-40)26-3-5-29(42)6-4-26)24-47-17-18-48(41(25-47)14-15-41)30-7-9-33(37(20-30)55-31-19-27-12-16-44-38(27)45-23-31)39(50)46-56(53,54)32-8-10-35(43)36(21-32)49(51)52/h3-10,12,16,19-21,23H,11,13-15,17-18,22,24-25H2,1-2H3,(H,44,45)(H,46,50). The Hall–Kier alpha value is -5.31. The van der Waals surface area contributed by atoms with Crippen LogP contribution in [0.2, 0.25) is 5.02 Å². The molecule has 3 heterocycles. The number of nitro benzene ring substituents is 1. The molecule has 1 spiro atoms. The van der Waals surface area contributed by atoms with Crippen LogP contribution in [0.1, 0.15) is 61.9 Å². The Morgan fingerprint density at radius 1 is 1.05 bits per heavy atom. The number of carbonyl (C=O) groups excluding carboxylic acids is 1. The molecule has 0 bridgehead atoms. The summed E-state index contributed by atoms with van der Waals surface area (Å²) in [6.07, 6.45) is 8.41. The summed E-state index contributed by atoms with van der Waals surface area (Å²) in [6.45, 7) is 7.96. The van der Waals surface area contributed by atoms with E-state index in [1.807, 2.05) is 22.9 Å². The van der Waals surface area contributed by atoms with Crippen molar-refractivity contribution in [3.05, 3.63) is 123 Å². The van der Waals surface area contributed by atoms with Crippen LogP contribution in [0.5, 0.6) is 11.5 Å². The summed E-state index contributed by atoms with van der Waals surface area (Å²) in [5.41, 5.74) is 4.56. The van der Waals surface area contributed by atoms with Crippen molar-refractivity contribution in [2.75, 3.05) is 31.1 Å². The maximum absolute atomic E-state index is 14.0. The van der Waals surface area contributed by atoms with Crippen LogP contribution in [-0.4, -0.2) is 65.8 Å². The number of ether oxygens (including phenoxy) is 1. The second-order valence-electron chi connectivity index (χ2n) is 15.7. The first-order chi connectivity index (χ1) is 26.7. The number of halogens is 2. The summed E-state index contributed by atoms with van der Waals surface area (Å²) in [5.74, 6) is -1.81. The number of aromatic amines is 1. The third kappa shape index (κ3) is 7.60. The number of fused-ring (bicyclic) bond motifs is 1. The van der Waals surface area contributed by atoms with Gasteiger partial charge in [0.05, 0.1) is 27.1 Å². The Labute approximate surface area is 328 Å². The van der Waals surface area contributed by atoms with Crippen molar-refractivity contribution in [2.45, 2.75) is 56.4 Å². The molecule has 3 aromatic carbocycles. The number of benzene rings is 3. The third-order valence-corrected chi connectivity index (χ3v) is 12.7. The molecule has 0 atom stereocenters. The Kier molecular flexibility index (Phi) is 9.62. The number of H-pyrrole nitrogens is 1. The number of sulfonamides is 1. The van der Waals surface area contributed by atoms with Crippen molar-refractivity contribution in [1.29, 1.82) is 0 Å². The number of carbonyl (C=O) groups is 1. The zero-order valence-electron chi connectivity index (χ0n) is 30.8. The minimum absolute atomic E-state index is 0.0894. The highest BCUT2D eigenvalue weighted by atomic mass is 35.5. The quantitative estimate of drug-likeness (QED) is 0.105. The van der Waals surface area contributed by atoms with Gasteiger partial charge in [-0.1, -0.05) is 43.2 Å². The predicted molar refractivity (Wildman–Crippen MR) is 212 cm³/mol. The Morgan fingerprint density at radius 2 is 1.84 bits per heavy atom. The van der Waals surface area contributed by atoms with E-state index in [1.54, 1.807) is 24.4 Å². The maximum Gasteiger partial charge on any atom is 0.306 e. The molecule has 2 aromatic heterocycles. The molecule has 12 nitrogen and oxygen atoms in total. The van der Waals surface area contributed by atoms with Crippen molar-refractivity contribution in [3.63, 3.8) is 0 Å². The van der Waals surface area contributed by atoms with Crippen LogP contribution >= 0.6 is 11.6 Å². The Morgan fingerprint density at radius 3 is 2.59 bits per heavy atom. The molecule has 5 aromatic rings. The minimum Gasteiger partial charge on any atom is -0.455 e. The van der Waals surface area contributed by atoms with Crippen molar-refractivity contribution < 1.29 is 27.3 Å². The van der Waals surface area contributed by atoms with Crippen LogP contribution < -0.4 is 14.4 Å². The van der Waals surface area contributed by atoms with E-state index in [0.717, 1.165) is 80.4 Å². The average Bonchev–Trinajstić information content (AvgIpc) is 3.74. The molecule has 290 valence electrons. The summed E-state index contributed by atoms with van der Waals surface area (Å²) >= 11 is 6.24. The largest absolute Gasteiger partial charge is 0.455 e. The zero-order chi connectivity index (χ0) is 39.4. The Bertz CT molecular complexity index is 2520. The Balaban J connectivity index is 1.07. The molecular formula is C41H40ClFN6O6S. The molecule has 2 fully saturated rings. The van der Waals surface area contributed by atoms with Gasteiger partial charge in [-0.2, -0.15) is 4.39 Å². The number of allylic oxidation sites excluding steroid dienone is 1. The molecule has 1 saturated carbocycles. The molecule has 2 aliphatic carbocycles. The first-order valence-electron chi connectivity index (χ1n) is 18.4. The van der Waals surface area contributed by atoms with Gasteiger partial charge in [-0.3, -0.25) is 19.8 Å². The molecule has 1 saturated heterocycles. The van der Waals surface area contributed by atoms with E-state index in [0.29, 0.717) is 23.5 Å². The normalized spacial score (nSPS) is 18.0. The number of hydrogen-bond acceptors (Lipinski definition) is 9. The van der Waals surface area contributed by atoms with Gasteiger partial charge >= 0.3 is 5.69 Å². The number of aromatic nitrogens is 2. The highest BCUT2D eigenvalue weighted by molar-refractivity contribution is 7.90. The van der Waals surface area contributed by atoms with E-state index in [9.17, 15) is 27.7 Å². The van der Waals surface area contributed by atoms with Crippen molar-refractivity contribution in [3.8, 4) is 11.5 Å². The molecule has 0 radical (unpaired) electrons. The summed E-state index contributed by atoms with van der Waals surface area (Å²) in [5, 5.41) is 12.8. The fourth-order valence-electron chi connectivity index (χ4n) is 7.99. The topological polar surface area (TPSA) is 151 Å². The van der Waals surface area contributed by atoms with Gasteiger partial charge < -0.3 is 14.6 Å². The fourth-order valence-corrected chi connectivity index (χ4v) is 9.10. The summed E-state index contributed by atoms with van der Waals surface area (Å²) < 4.78 is 48.8. The van der Waals surface area contributed by atoms with E-state index in [2.05, 4.69) is 45.7 Å². The number of anilines is 1. The molecule has 0 unspecified atom stereocenters. The predicted octanol–water partition coefficient (Wildman–Crippen LogP) is 8.49. The van der Waals surface area contributed by atoms with Gasteiger partial charge in [0.1, 0.15) is 17.1 Å². The molecule has 8 rings (SSSR count). The lowest BCUT2D eigenvalue weighted by Gasteiger charge is -2.45. The van der Waals surface area contributed by atoms with E-state index in [4.69, 9.17) is 16.3 Å². The molecule has 3 aliphatic rings. The summed E-state index contributed by atoms with van der Waals surface area (Å²) in [7, 11) is -4.65. The lowest BCUT2D eigenvalue weighted by molar-refractivity contribution is -0.387. The van der Waals surface area contributed by atoms with E-state index in [-0.39, 0.29) is 22.3 Å². The molecular weight excluding hydrogens is 759 g/mol. The van der Waals surface area contributed by atoms with Gasteiger partial charge in [0.15, 0.2) is 0 Å². The maximum atomic E-state index is 14.0. The van der Waals surface area contributed by atoms with Crippen LogP contribution in [0.25, 0.3) is 16.6 Å². The van der Waals surface area contributed by atoms with Crippen LogP contribution in [0.4, 0.5) is 15.8 Å². The highest BCUT2D eigenvalue weighted by Crippen LogP contribution is 2.49. The molecule has 56 heavy (non-hydrogen) atoms. The van der Waals surface area contributed by atoms with E-state index < -0.39 is 37.3 Å². The van der Waals surface area contributed by atoms with Gasteiger partial charge in [-0.05, 0) is 97.2 Å². The number of pyridine rings is 1. The molecule has 1 aliphatic heterocycles. The van der Waals surface area contributed by atoms with Crippen LogP contribution in [0.3, 0.4) is 0 Å². The van der Waals surface area contributed by atoms with Crippen LogP contribution in [-0.2, 0) is 10.0 Å². The van der Waals surface area contributed by atoms with Crippen molar-refractivity contribution in [2.24, 2.45) is 5.41 Å². The smallest absolute Gasteiger partial charge is 0.306 e. The van der Waals surface area contributed by atoms with E-state index >= 15 is 0 Å². The number of nitrogens with one attached hydrogen (secondary N) is 2. The van der Waals surface area contributed by atoms with Gasteiger partial charge in [0.25, 0.3) is 15.9 Å². The van der Waals surface area contributed by atoms with Gasteiger partial charge in [0, 0.05) is 60.6 Å². The zero-order valence-corrected chi connectivity index (χ0v) is 32.4. The number of amides is 1. The fraction of sp³-hybridized carbons (Fsp3) is 0.317. The van der Waals surface area contributed by atoms with Crippen LogP contribution in [0.15, 0.2) is 95.7 Å². The first-order valence-corrected chi connectivity index (χ1v) is 20.3. The minimum atomic E-state index is -4.65. The van der Waals surface area contributed by atoms with Gasteiger partial charge in [-0.25, -0.2) is 18.1 Å². The van der Waals surface area contributed by atoms with Gasteiger partial charge in [0.2, 0.25) is 5.82 Å². The average molecular weight is 799 g/mol. The molecule has 15 heteroatoms. The SMILES string of the molecule is CC1(C)CCC(CN2CCN(c3ccc(C(=O)NS(=O)(=O)c4ccc(F)c([N+](=O)[O-])c4)c(Oc4cnc5[nH]ccc5c4)c3)C3(CC3)C2)=C(c2ccc(Cl)cc2)C1. The number of hydrogen-bond donors (Lipinski definition) is 2. The second-order valence-corrected chi connectivity index (χ2v) is 17.8. The molecule has 2 N–H and O–H groups in total. The lowest BCUT2D eigenvalue weighted by atomic mass is 9.72. The number of nitro groups is 1.